The number of carboxylic acids is 1. The second-order valence-corrected chi connectivity index (χ2v) is 20.5. The lowest BCUT2D eigenvalue weighted by Crippen LogP contribution is -2.61. The molecule has 2 saturated heterocycles. The molecule has 2 aromatic carbocycles. The van der Waals surface area contributed by atoms with Crippen LogP contribution in [-0.4, -0.2) is 165 Å². The number of phenolic OH excluding ortho intramolecular Hbond substituents is 1. The van der Waals surface area contributed by atoms with Crippen molar-refractivity contribution in [3.05, 3.63) is 65.7 Å². The first kappa shape index (κ1) is 64.1. The van der Waals surface area contributed by atoms with E-state index in [1.165, 1.54) is 17.0 Å². The average molecular weight is 1130 g/mol. The lowest BCUT2D eigenvalue weighted by Gasteiger charge is -2.31. The number of hydrogen-bond acceptors (Lipinski definition) is 16. The smallest absolute Gasteiger partial charge is 0.300 e. The lowest BCUT2D eigenvalue weighted by molar-refractivity contribution is -0.142. The number of primary amides is 3. The number of aliphatic imine (C=N–C) groups is 1. The Morgan fingerprint density at radius 2 is 1.32 bits per heavy atom. The third kappa shape index (κ3) is 23.8. The number of likely N-dealkylation sites (tertiary alicyclic amines) is 1. The Morgan fingerprint density at radius 3 is 1.92 bits per heavy atom. The zero-order valence-corrected chi connectivity index (χ0v) is 44.4. The van der Waals surface area contributed by atoms with E-state index in [-0.39, 0.29) is 74.8 Å². The fraction of sp³-hybridized carbons (Fsp3) is 0.479. The van der Waals surface area contributed by atoms with Crippen LogP contribution in [0.3, 0.4) is 0 Å². The molecule has 2 aromatic rings. The number of aromatic hydroxyl groups is 1. The van der Waals surface area contributed by atoms with Gasteiger partial charge in [0.05, 0.1) is 13.0 Å². The van der Waals surface area contributed by atoms with Crippen LogP contribution >= 0.6 is 21.6 Å². The number of nitrogens with one attached hydrogen (secondary N) is 7. The van der Waals surface area contributed by atoms with E-state index in [9.17, 15) is 57.8 Å². The van der Waals surface area contributed by atoms with Gasteiger partial charge in [-0.25, -0.2) is 0 Å². The summed E-state index contributed by atoms with van der Waals surface area (Å²) < 4.78 is 0. The van der Waals surface area contributed by atoms with Crippen LogP contribution in [-0.2, 0) is 70.4 Å². The van der Waals surface area contributed by atoms with Gasteiger partial charge in [0.15, 0.2) is 5.96 Å². The topological polar surface area (TPSA) is 475 Å². The number of aliphatic carboxylic acids is 1. The Balaban J connectivity index is 0.00000386. The molecule has 0 spiro atoms. The highest BCUT2D eigenvalue weighted by Gasteiger charge is 2.40. The Kier molecular flexibility index (Phi) is 27.2. The van der Waals surface area contributed by atoms with Gasteiger partial charge < -0.3 is 81.0 Å². The normalized spacial score (nSPS) is 20.9. The van der Waals surface area contributed by atoms with Gasteiger partial charge in [0, 0.05) is 57.2 Å². The number of carboxylic acid groups (broad SMARTS) is 1. The number of hydrogen-bond donors (Lipinski definition) is 14. The summed E-state index contributed by atoms with van der Waals surface area (Å²) in [7, 11) is 2.19. The van der Waals surface area contributed by atoms with Crippen LogP contribution in [0.2, 0.25) is 0 Å². The maximum Gasteiger partial charge on any atom is 0.300 e. The molecule has 7 atom stereocenters. The van der Waals surface area contributed by atoms with Gasteiger partial charge in [0.2, 0.25) is 65.0 Å². The Morgan fingerprint density at radius 1 is 0.744 bits per heavy atom. The van der Waals surface area contributed by atoms with Gasteiger partial charge in [-0.1, -0.05) is 64.1 Å². The molecule has 3 unspecified atom stereocenters. The lowest BCUT2D eigenvalue weighted by atomic mass is 10.0. The zero-order valence-electron chi connectivity index (χ0n) is 42.7. The highest BCUT2D eigenvalue weighted by atomic mass is 33.1. The minimum atomic E-state index is -1.77. The van der Waals surface area contributed by atoms with Crippen molar-refractivity contribution in [1.82, 2.24) is 42.1 Å². The molecule has 0 aliphatic carbocycles. The minimum Gasteiger partial charge on any atom is -0.508 e. The molecule has 0 aromatic heterocycles. The second kappa shape index (κ2) is 33.1. The summed E-state index contributed by atoms with van der Waals surface area (Å²) in [5.74, 6) is -10.6. The number of nitrogens with zero attached hydrogens (tertiary/aromatic N) is 2. The first-order valence-corrected chi connectivity index (χ1v) is 27.0. The summed E-state index contributed by atoms with van der Waals surface area (Å²) in [6.07, 6.45) is -1.34. The van der Waals surface area contributed by atoms with Crippen LogP contribution in [0.15, 0.2) is 59.6 Å². The van der Waals surface area contributed by atoms with Crippen LogP contribution in [0.4, 0.5) is 0 Å². The van der Waals surface area contributed by atoms with Crippen molar-refractivity contribution >= 4 is 98.5 Å². The Hall–Kier alpha value is -8.15. The van der Waals surface area contributed by atoms with E-state index in [0.717, 1.165) is 28.5 Å². The number of amides is 11. The van der Waals surface area contributed by atoms with E-state index < -0.39 is 139 Å². The average Bonchev–Trinajstić information content (AvgIpc) is 3.89. The summed E-state index contributed by atoms with van der Waals surface area (Å²) >= 11 is 0. The van der Waals surface area contributed by atoms with E-state index in [1.54, 1.807) is 42.5 Å². The molecular formula is C48H68N14O14S2. The molecule has 2 aliphatic heterocycles. The molecule has 28 nitrogen and oxygen atoms in total. The third-order valence-corrected chi connectivity index (χ3v) is 13.9. The van der Waals surface area contributed by atoms with Gasteiger partial charge in [0.1, 0.15) is 48.0 Å². The van der Waals surface area contributed by atoms with E-state index in [2.05, 4.69) is 42.2 Å². The number of phenols is 1. The first-order chi connectivity index (χ1) is 36.9. The summed E-state index contributed by atoms with van der Waals surface area (Å²) in [5, 5.41) is 35.2. The van der Waals surface area contributed by atoms with E-state index in [0.29, 0.717) is 17.5 Å². The Labute approximate surface area is 456 Å². The number of guanidine groups is 1. The Bertz CT molecular complexity index is 2480. The van der Waals surface area contributed by atoms with Crippen molar-refractivity contribution in [2.24, 2.45) is 33.7 Å². The summed E-state index contributed by atoms with van der Waals surface area (Å²) in [5.41, 5.74) is 28.1. The highest BCUT2D eigenvalue weighted by Crippen LogP contribution is 2.26. The quantitative estimate of drug-likeness (QED) is 0.0274. The van der Waals surface area contributed by atoms with Crippen LogP contribution in [0, 0.1) is 0 Å². The molecule has 11 amide bonds. The third-order valence-electron chi connectivity index (χ3n) is 11.5. The van der Waals surface area contributed by atoms with Crippen LogP contribution in [0.25, 0.3) is 0 Å². The van der Waals surface area contributed by atoms with Crippen LogP contribution in [0.1, 0.15) is 69.4 Å². The van der Waals surface area contributed by atoms with Crippen LogP contribution < -0.4 is 65.9 Å². The van der Waals surface area contributed by atoms with Crippen molar-refractivity contribution in [2.75, 3.05) is 31.1 Å². The van der Waals surface area contributed by atoms with Gasteiger partial charge in [-0.3, -0.25) is 62.5 Å². The van der Waals surface area contributed by atoms with Crippen molar-refractivity contribution < 1.29 is 67.7 Å². The maximum atomic E-state index is 14.6. The predicted octanol–water partition coefficient (Wildman–Crippen LogP) is -4.25. The number of carbonyl (C=O) groups is 12. The molecule has 2 heterocycles. The molecule has 4 rings (SSSR count). The molecule has 78 heavy (non-hydrogen) atoms. The number of rotatable bonds is 19. The highest BCUT2D eigenvalue weighted by molar-refractivity contribution is 8.76. The first-order valence-electron chi connectivity index (χ1n) is 24.5. The molecular weight excluding hydrogens is 1060 g/mol. The number of benzene rings is 2. The summed E-state index contributed by atoms with van der Waals surface area (Å²) in [6.45, 7) is 0.682. The fourth-order valence-corrected chi connectivity index (χ4v) is 9.93. The predicted molar refractivity (Wildman–Crippen MR) is 285 cm³/mol. The largest absolute Gasteiger partial charge is 0.508 e. The molecule has 0 radical (unpaired) electrons. The molecule has 30 heteroatoms. The van der Waals surface area contributed by atoms with Gasteiger partial charge in [0.25, 0.3) is 5.97 Å². The summed E-state index contributed by atoms with van der Waals surface area (Å²) in [4.78, 5) is 162. The van der Waals surface area contributed by atoms with Gasteiger partial charge in [-0.15, -0.1) is 0 Å². The molecule has 426 valence electrons. The molecule has 2 fully saturated rings. The minimum absolute atomic E-state index is 0.0128. The van der Waals surface area contributed by atoms with Crippen molar-refractivity contribution in [2.45, 2.75) is 113 Å². The second-order valence-electron chi connectivity index (χ2n) is 17.9. The monoisotopic (exact) mass is 1130 g/mol. The van der Waals surface area contributed by atoms with Gasteiger partial charge in [-0.05, 0) is 55.4 Å². The fourth-order valence-electron chi connectivity index (χ4n) is 7.78. The molecule has 2 aliphatic rings. The van der Waals surface area contributed by atoms with Crippen molar-refractivity contribution in [3.63, 3.8) is 0 Å². The maximum absolute atomic E-state index is 14.6. The van der Waals surface area contributed by atoms with E-state index in [1.807, 2.05) is 0 Å². The van der Waals surface area contributed by atoms with Crippen molar-refractivity contribution in [1.29, 1.82) is 0 Å². The summed E-state index contributed by atoms with van der Waals surface area (Å²) in [6, 6.07) is 4.52. The van der Waals surface area contributed by atoms with Crippen molar-refractivity contribution in [3.8, 4) is 5.75 Å². The number of nitrogens with two attached hydrogens (primary N) is 5. The standard InChI is InChI=1S/C46H64N14O12S2.C2H4O2/c47-35(62)15-14-29-40(67)58-32(22-36(48)63)43(70)59-33(45(72)60-18-5-9-34(60)44(71)56-28(8-4-17-52-46(50)51)39(66)53-23-37(49)64)24-74-73-19-16-38(65)54-30(21-26-10-12-27(61)13-11-26)41(68)57-31(42(69)55-29)20-25-6-2-1-3-7-25;1-2(3)4/h1-3,6-7,10-13,28-34,61H,4-5,8-9,14-24H2,(H2,47,62)(H2,48,63)(H2,49,64)(H,53,66)(H,54,65)(H,55,69)(H,56,71)(H,57,68)(H,58,67)(H,59,70)(H4,50,51,52);1H3,(H,3,4)/t28-,29-,30?,31-,32?,33?,34-;/m0./s1. The zero-order chi connectivity index (χ0) is 57.9. The molecule has 0 saturated carbocycles. The van der Waals surface area contributed by atoms with Gasteiger partial charge >= 0.3 is 0 Å². The molecule has 0 bridgehead atoms. The van der Waals surface area contributed by atoms with Crippen LogP contribution in [0.5, 0.6) is 5.75 Å². The number of carbonyl (C=O) groups excluding carboxylic acids is 11. The van der Waals surface area contributed by atoms with E-state index in [4.69, 9.17) is 38.6 Å². The SMILES string of the molecule is CC(=O)O.NC(=O)CC[C@@H]1NC(=O)[C@H](Cc2ccccc2)NC(=O)C(Cc2ccc(O)cc2)NC(=O)CCSSCC(C(=O)N2CCC[C@H]2C(=O)N[C@@H](CCCN=C(N)N)C(=O)NCC(N)=O)NC(=O)C(CC(N)=O)NC1=O. The van der Waals surface area contributed by atoms with Gasteiger partial charge in [-0.2, -0.15) is 0 Å². The molecule has 19 N–H and O–H groups in total. The van der Waals surface area contributed by atoms with E-state index >= 15 is 0 Å².